The fourth-order valence-corrected chi connectivity index (χ4v) is 2.85. The highest BCUT2D eigenvalue weighted by atomic mass is 17.0. The van der Waals surface area contributed by atoms with Crippen LogP contribution in [0.1, 0.15) is 103 Å². The van der Waals surface area contributed by atoms with Gasteiger partial charge in [-0.25, -0.2) is 4.79 Å². The molecular formula is C18H35NO5. The average Bonchev–Trinajstić information content (AvgIpc) is 2.53. The van der Waals surface area contributed by atoms with Crippen LogP contribution in [0, 0.1) is 10.1 Å². The summed E-state index contributed by atoms with van der Waals surface area (Å²) < 4.78 is 0. The molecule has 0 heterocycles. The molecule has 0 spiro atoms. The molecule has 142 valence electrons. The number of rotatable bonds is 18. The van der Waals surface area contributed by atoms with E-state index in [-0.39, 0.29) is 6.42 Å². The lowest BCUT2D eigenvalue weighted by molar-refractivity contribution is -0.765. The van der Waals surface area contributed by atoms with Crippen LogP contribution < -0.4 is 0 Å². The summed E-state index contributed by atoms with van der Waals surface area (Å²) in [4.78, 5) is 25.1. The molecule has 0 aromatic rings. The van der Waals surface area contributed by atoms with Crippen molar-refractivity contribution in [3.63, 3.8) is 0 Å². The molecule has 0 bridgehead atoms. The Bertz CT molecular complexity index is 323. The largest absolute Gasteiger partial charge is 0.480 e. The minimum atomic E-state index is -1.32. The first-order valence-electron chi connectivity index (χ1n) is 9.62. The Morgan fingerprint density at radius 1 is 0.875 bits per heavy atom. The molecule has 1 atom stereocenters. The van der Waals surface area contributed by atoms with Crippen LogP contribution in [-0.2, 0) is 9.63 Å². The number of hydrogen-bond donors (Lipinski definition) is 1. The van der Waals surface area contributed by atoms with Crippen LogP contribution in [0.25, 0.3) is 0 Å². The number of carboxylic acid groups (broad SMARTS) is 1. The highest BCUT2D eigenvalue weighted by Crippen LogP contribution is 2.14. The zero-order valence-electron chi connectivity index (χ0n) is 15.2. The van der Waals surface area contributed by atoms with Crippen molar-refractivity contribution < 1.29 is 19.8 Å². The van der Waals surface area contributed by atoms with Gasteiger partial charge in [0.05, 0.1) is 0 Å². The molecule has 0 aromatic heterocycles. The van der Waals surface area contributed by atoms with Crippen LogP contribution in [0.2, 0.25) is 0 Å². The highest BCUT2D eigenvalue weighted by Gasteiger charge is 2.20. The van der Waals surface area contributed by atoms with Crippen LogP contribution in [0.15, 0.2) is 0 Å². The number of unbranched alkanes of at least 4 members (excludes halogenated alkanes) is 13. The van der Waals surface area contributed by atoms with Crippen molar-refractivity contribution in [1.29, 1.82) is 0 Å². The fourth-order valence-electron chi connectivity index (χ4n) is 2.85. The molecule has 6 nitrogen and oxygen atoms in total. The first-order chi connectivity index (χ1) is 11.6. The average molecular weight is 345 g/mol. The minimum absolute atomic E-state index is 0.203. The Balaban J connectivity index is 3.30. The molecule has 1 N–H and O–H groups in total. The molecule has 0 saturated heterocycles. The number of nitrogens with zero attached hydrogens (tertiary/aromatic N) is 1. The zero-order chi connectivity index (χ0) is 18.0. The van der Waals surface area contributed by atoms with E-state index in [2.05, 4.69) is 11.8 Å². The van der Waals surface area contributed by atoms with Gasteiger partial charge < -0.3 is 5.11 Å². The van der Waals surface area contributed by atoms with Gasteiger partial charge in [0, 0.05) is 0 Å². The van der Waals surface area contributed by atoms with Crippen LogP contribution >= 0.6 is 0 Å². The Labute approximate surface area is 146 Å². The number of carbonyl (C=O) groups is 1. The van der Waals surface area contributed by atoms with Gasteiger partial charge in [0.2, 0.25) is 6.10 Å². The fraction of sp³-hybridized carbons (Fsp3) is 0.944. The van der Waals surface area contributed by atoms with Crippen LogP contribution in [0.4, 0.5) is 0 Å². The standard InChI is InChI=1S/C18H35NO5/c1-2-3-4-5-6-7-8-9-10-11-12-13-14-15-16-17(18(20)21)24-19(22)23/h17H,2-16H2,1H3,(H,20,21). The first-order valence-corrected chi connectivity index (χ1v) is 9.62. The van der Waals surface area contributed by atoms with Gasteiger partial charge in [-0.2, -0.15) is 0 Å². The lowest BCUT2D eigenvalue weighted by Gasteiger charge is -2.09. The van der Waals surface area contributed by atoms with E-state index >= 15 is 0 Å². The second-order valence-electron chi connectivity index (χ2n) is 6.54. The van der Waals surface area contributed by atoms with E-state index < -0.39 is 17.2 Å². The quantitative estimate of drug-likeness (QED) is 0.201. The van der Waals surface area contributed by atoms with Gasteiger partial charge in [0.15, 0.2) is 0 Å². The van der Waals surface area contributed by atoms with Gasteiger partial charge in [0.25, 0.3) is 5.09 Å². The molecule has 0 radical (unpaired) electrons. The van der Waals surface area contributed by atoms with E-state index in [1.165, 1.54) is 64.2 Å². The van der Waals surface area contributed by atoms with Gasteiger partial charge in [-0.3, -0.25) is 4.84 Å². The van der Waals surface area contributed by atoms with Crippen molar-refractivity contribution in [2.75, 3.05) is 0 Å². The molecule has 0 aliphatic rings. The van der Waals surface area contributed by atoms with Gasteiger partial charge in [0.1, 0.15) is 0 Å². The van der Waals surface area contributed by atoms with Crippen LogP contribution in [-0.4, -0.2) is 22.3 Å². The number of carboxylic acids is 1. The summed E-state index contributed by atoms with van der Waals surface area (Å²) in [5.41, 5.74) is 0. The summed E-state index contributed by atoms with van der Waals surface area (Å²) in [6.07, 6.45) is 16.0. The first kappa shape index (κ1) is 22.7. The summed E-state index contributed by atoms with van der Waals surface area (Å²) >= 11 is 0. The van der Waals surface area contributed by atoms with E-state index in [1.807, 2.05) is 0 Å². The van der Waals surface area contributed by atoms with Crippen molar-refractivity contribution >= 4 is 5.97 Å². The molecule has 6 heteroatoms. The maximum atomic E-state index is 10.8. The van der Waals surface area contributed by atoms with Crippen molar-refractivity contribution in [2.45, 2.75) is 109 Å². The molecule has 0 aromatic carbocycles. The molecule has 0 amide bonds. The molecular weight excluding hydrogens is 310 g/mol. The van der Waals surface area contributed by atoms with E-state index in [0.29, 0.717) is 6.42 Å². The predicted octanol–water partition coefficient (Wildman–Crippen LogP) is 5.52. The monoisotopic (exact) mass is 345 g/mol. The number of aliphatic carboxylic acids is 1. The van der Waals surface area contributed by atoms with Crippen LogP contribution in [0.5, 0.6) is 0 Å². The minimum Gasteiger partial charge on any atom is -0.480 e. The van der Waals surface area contributed by atoms with Gasteiger partial charge >= 0.3 is 5.97 Å². The van der Waals surface area contributed by atoms with Gasteiger partial charge in [-0.15, -0.1) is 10.1 Å². The third kappa shape index (κ3) is 15.6. The van der Waals surface area contributed by atoms with Crippen LogP contribution in [0.3, 0.4) is 0 Å². The smallest absolute Gasteiger partial charge is 0.332 e. The predicted molar refractivity (Wildman–Crippen MR) is 94.4 cm³/mol. The second kappa shape index (κ2) is 16.5. The molecule has 0 aliphatic carbocycles. The third-order valence-electron chi connectivity index (χ3n) is 4.31. The maximum Gasteiger partial charge on any atom is 0.332 e. The van der Waals surface area contributed by atoms with Crippen molar-refractivity contribution in [3.05, 3.63) is 10.1 Å². The lowest BCUT2D eigenvalue weighted by Crippen LogP contribution is -2.26. The normalized spacial score (nSPS) is 12.0. The van der Waals surface area contributed by atoms with Crippen molar-refractivity contribution in [2.24, 2.45) is 0 Å². The molecule has 0 rings (SSSR count). The highest BCUT2D eigenvalue weighted by molar-refractivity contribution is 5.72. The van der Waals surface area contributed by atoms with Gasteiger partial charge in [-0.05, 0) is 6.42 Å². The van der Waals surface area contributed by atoms with Crippen molar-refractivity contribution in [1.82, 2.24) is 0 Å². The number of hydrogen-bond acceptors (Lipinski definition) is 4. The molecule has 0 aliphatic heterocycles. The summed E-state index contributed by atoms with van der Waals surface area (Å²) in [6, 6.07) is 0. The summed E-state index contributed by atoms with van der Waals surface area (Å²) in [5.74, 6) is -1.26. The molecule has 0 saturated carbocycles. The third-order valence-corrected chi connectivity index (χ3v) is 4.31. The Morgan fingerprint density at radius 3 is 1.58 bits per heavy atom. The molecule has 1 unspecified atom stereocenters. The summed E-state index contributed by atoms with van der Waals surface area (Å²) in [7, 11) is 0. The van der Waals surface area contributed by atoms with Crippen molar-refractivity contribution in [3.8, 4) is 0 Å². The Morgan fingerprint density at radius 2 is 1.25 bits per heavy atom. The molecule has 24 heavy (non-hydrogen) atoms. The second-order valence-corrected chi connectivity index (χ2v) is 6.54. The Kier molecular flexibility index (Phi) is 15.6. The van der Waals surface area contributed by atoms with E-state index in [1.54, 1.807) is 0 Å². The van der Waals surface area contributed by atoms with E-state index in [9.17, 15) is 14.9 Å². The topological polar surface area (TPSA) is 89.7 Å². The summed E-state index contributed by atoms with van der Waals surface area (Å²) in [6.45, 7) is 2.24. The summed E-state index contributed by atoms with van der Waals surface area (Å²) in [5, 5.41) is 18.0. The maximum absolute atomic E-state index is 10.8. The SMILES string of the molecule is CCCCCCCCCCCCCCCCC(O[N+](=O)[O-])C(=O)O. The van der Waals surface area contributed by atoms with Gasteiger partial charge in [-0.1, -0.05) is 96.8 Å². The van der Waals surface area contributed by atoms with E-state index in [0.717, 1.165) is 19.3 Å². The molecule has 0 fully saturated rings. The lowest BCUT2D eigenvalue weighted by atomic mass is 10.0. The Hall–Kier alpha value is -1.33. The van der Waals surface area contributed by atoms with E-state index in [4.69, 9.17) is 5.11 Å². The zero-order valence-corrected chi connectivity index (χ0v) is 15.2.